The molecule has 28 heavy (non-hydrogen) atoms. The zero-order chi connectivity index (χ0) is 19.9. The fraction of sp³-hybridized carbons (Fsp3) is 0.208. The summed E-state index contributed by atoms with van der Waals surface area (Å²) in [5.41, 5.74) is 3.68. The zero-order valence-corrected chi connectivity index (χ0v) is 16.9. The fourth-order valence-corrected chi connectivity index (χ4v) is 3.10. The van der Waals surface area contributed by atoms with Crippen LogP contribution in [0.4, 0.5) is 0 Å². The SMILES string of the molecule is CN(C)CCC(OC(=O)c1ccc(-c2ccccc2)cc1)c1ccc(Cl)cc1. The average Bonchev–Trinajstić information content (AvgIpc) is 2.72. The van der Waals surface area contributed by atoms with Crippen molar-refractivity contribution in [3.8, 4) is 11.1 Å². The lowest BCUT2D eigenvalue weighted by molar-refractivity contribution is 0.0261. The van der Waals surface area contributed by atoms with Crippen LogP contribution in [0, 0.1) is 0 Å². The van der Waals surface area contributed by atoms with Crippen molar-refractivity contribution in [2.24, 2.45) is 0 Å². The van der Waals surface area contributed by atoms with Crippen LogP contribution in [0.1, 0.15) is 28.4 Å². The van der Waals surface area contributed by atoms with Gasteiger partial charge in [0.2, 0.25) is 0 Å². The van der Waals surface area contributed by atoms with Crippen molar-refractivity contribution in [2.45, 2.75) is 12.5 Å². The topological polar surface area (TPSA) is 29.5 Å². The van der Waals surface area contributed by atoms with E-state index in [4.69, 9.17) is 16.3 Å². The highest BCUT2D eigenvalue weighted by Crippen LogP contribution is 2.25. The van der Waals surface area contributed by atoms with Gasteiger partial charge in [0, 0.05) is 18.0 Å². The normalized spacial score (nSPS) is 12.0. The molecule has 0 spiro atoms. The molecule has 0 aliphatic rings. The van der Waals surface area contributed by atoms with Gasteiger partial charge >= 0.3 is 5.97 Å². The van der Waals surface area contributed by atoms with Gasteiger partial charge < -0.3 is 9.64 Å². The van der Waals surface area contributed by atoms with E-state index in [1.165, 1.54) is 0 Å². The van der Waals surface area contributed by atoms with Crippen LogP contribution >= 0.6 is 11.6 Å². The molecule has 4 heteroatoms. The Labute approximate surface area is 171 Å². The Bertz CT molecular complexity index is 890. The lowest BCUT2D eigenvalue weighted by atomic mass is 10.0. The van der Waals surface area contributed by atoms with Gasteiger partial charge in [-0.3, -0.25) is 0 Å². The number of halogens is 1. The van der Waals surface area contributed by atoms with Gasteiger partial charge in [-0.2, -0.15) is 0 Å². The second kappa shape index (κ2) is 9.54. The minimum atomic E-state index is -0.321. The molecule has 0 amide bonds. The Kier molecular flexibility index (Phi) is 6.85. The molecule has 3 nitrogen and oxygen atoms in total. The van der Waals surface area contributed by atoms with Crippen molar-refractivity contribution in [1.82, 2.24) is 4.90 Å². The van der Waals surface area contributed by atoms with E-state index in [2.05, 4.69) is 4.90 Å². The lowest BCUT2D eigenvalue weighted by Crippen LogP contribution is -2.19. The number of ether oxygens (including phenoxy) is 1. The highest BCUT2D eigenvalue weighted by atomic mass is 35.5. The van der Waals surface area contributed by atoms with Crippen LogP contribution in [0.2, 0.25) is 5.02 Å². The third-order valence-corrected chi connectivity index (χ3v) is 4.81. The third kappa shape index (κ3) is 5.44. The van der Waals surface area contributed by atoms with E-state index in [1.54, 1.807) is 0 Å². The van der Waals surface area contributed by atoms with Crippen molar-refractivity contribution in [2.75, 3.05) is 20.6 Å². The van der Waals surface area contributed by atoms with Crippen LogP contribution in [0.25, 0.3) is 11.1 Å². The molecule has 1 atom stereocenters. The van der Waals surface area contributed by atoms with Crippen LogP contribution in [-0.4, -0.2) is 31.5 Å². The first kappa shape index (κ1) is 20.1. The van der Waals surface area contributed by atoms with E-state index in [0.29, 0.717) is 17.0 Å². The molecule has 3 rings (SSSR count). The van der Waals surface area contributed by atoms with Gasteiger partial charge in [0.15, 0.2) is 0 Å². The number of carbonyl (C=O) groups excluding carboxylic acids is 1. The highest BCUT2D eigenvalue weighted by molar-refractivity contribution is 6.30. The summed E-state index contributed by atoms with van der Waals surface area (Å²) in [6, 6.07) is 25.1. The zero-order valence-electron chi connectivity index (χ0n) is 16.1. The Hall–Kier alpha value is -2.62. The van der Waals surface area contributed by atoms with Gasteiger partial charge in [-0.05, 0) is 55.1 Å². The third-order valence-electron chi connectivity index (χ3n) is 4.56. The molecule has 0 aliphatic carbocycles. The van der Waals surface area contributed by atoms with Gasteiger partial charge in [0.05, 0.1) is 5.56 Å². The van der Waals surface area contributed by atoms with Gasteiger partial charge in [-0.15, -0.1) is 0 Å². The molecule has 0 bridgehead atoms. The predicted molar refractivity (Wildman–Crippen MR) is 115 cm³/mol. The standard InChI is InChI=1S/C24H24ClNO2/c1-26(2)17-16-23(20-12-14-22(25)15-13-20)28-24(27)21-10-8-19(9-11-21)18-6-4-3-5-7-18/h3-15,23H,16-17H2,1-2H3. The molecule has 3 aromatic carbocycles. The van der Waals surface area contributed by atoms with E-state index < -0.39 is 0 Å². The van der Waals surface area contributed by atoms with E-state index in [9.17, 15) is 4.79 Å². The quantitative estimate of drug-likeness (QED) is 0.471. The van der Waals surface area contributed by atoms with E-state index >= 15 is 0 Å². The molecule has 0 aliphatic heterocycles. The van der Waals surface area contributed by atoms with Gasteiger partial charge in [0.25, 0.3) is 0 Å². The minimum absolute atomic E-state index is 0.319. The first-order chi connectivity index (χ1) is 13.5. The summed E-state index contributed by atoms with van der Waals surface area (Å²) >= 11 is 5.99. The monoisotopic (exact) mass is 393 g/mol. The van der Waals surface area contributed by atoms with Crippen LogP contribution in [0.3, 0.4) is 0 Å². The highest BCUT2D eigenvalue weighted by Gasteiger charge is 2.18. The van der Waals surface area contributed by atoms with Crippen molar-refractivity contribution in [1.29, 1.82) is 0 Å². The first-order valence-corrected chi connectivity index (χ1v) is 9.67. The summed E-state index contributed by atoms with van der Waals surface area (Å²) in [7, 11) is 4.01. The second-order valence-electron chi connectivity index (χ2n) is 6.98. The molecule has 0 fully saturated rings. The molecule has 3 aromatic rings. The van der Waals surface area contributed by atoms with Gasteiger partial charge in [-0.25, -0.2) is 4.79 Å². The van der Waals surface area contributed by atoms with Crippen molar-refractivity contribution < 1.29 is 9.53 Å². The number of hydrogen-bond acceptors (Lipinski definition) is 3. The number of rotatable bonds is 7. The maximum atomic E-state index is 12.7. The minimum Gasteiger partial charge on any atom is -0.454 e. The first-order valence-electron chi connectivity index (χ1n) is 9.29. The number of nitrogens with zero attached hydrogens (tertiary/aromatic N) is 1. The van der Waals surface area contributed by atoms with Crippen LogP contribution in [0.5, 0.6) is 0 Å². The summed E-state index contributed by atoms with van der Waals surface area (Å²) in [6.45, 7) is 0.813. The molecule has 0 N–H and O–H groups in total. The molecule has 0 saturated heterocycles. The molecule has 0 radical (unpaired) electrons. The Morgan fingerprint density at radius 1 is 0.893 bits per heavy atom. The summed E-state index contributed by atoms with van der Waals surface area (Å²) < 4.78 is 5.85. The van der Waals surface area contributed by atoms with E-state index in [1.807, 2.05) is 93.0 Å². The summed E-state index contributed by atoms with van der Waals surface area (Å²) in [5, 5.41) is 0.665. The fourth-order valence-electron chi connectivity index (χ4n) is 2.97. The van der Waals surface area contributed by atoms with Gasteiger partial charge in [0.1, 0.15) is 6.10 Å². The van der Waals surface area contributed by atoms with Crippen LogP contribution < -0.4 is 0 Å². The number of esters is 1. The second-order valence-corrected chi connectivity index (χ2v) is 7.42. The summed E-state index contributed by atoms with van der Waals surface area (Å²) in [4.78, 5) is 14.8. The Morgan fingerprint density at radius 2 is 1.50 bits per heavy atom. The smallest absolute Gasteiger partial charge is 0.338 e. The van der Waals surface area contributed by atoms with Crippen molar-refractivity contribution in [3.63, 3.8) is 0 Å². The maximum absolute atomic E-state index is 12.7. The molecular weight excluding hydrogens is 370 g/mol. The molecule has 0 aromatic heterocycles. The Morgan fingerprint density at radius 3 is 2.11 bits per heavy atom. The number of benzene rings is 3. The molecule has 1 unspecified atom stereocenters. The van der Waals surface area contributed by atoms with Crippen molar-refractivity contribution in [3.05, 3.63) is 95.0 Å². The lowest BCUT2D eigenvalue weighted by Gasteiger charge is -2.20. The maximum Gasteiger partial charge on any atom is 0.338 e. The predicted octanol–water partition coefficient (Wildman–Crippen LogP) is 5.86. The van der Waals surface area contributed by atoms with Crippen LogP contribution in [0.15, 0.2) is 78.9 Å². The van der Waals surface area contributed by atoms with Gasteiger partial charge in [-0.1, -0.05) is 66.2 Å². The van der Waals surface area contributed by atoms with Crippen molar-refractivity contribution >= 4 is 17.6 Å². The number of hydrogen-bond donors (Lipinski definition) is 0. The van der Waals surface area contributed by atoms with Crippen LogP contribution in [-0.2, 0) is 4.74 Å². The largest absolute Gasteiger partial charge is 0.454 e. The summed E-state index contributed by atoms with van der Waals surface area (Å²) in [5.74, 6) is -0.321. The molecule has 0 saturated carbocycles. The molecule has 144 valence electrons. The summed E-state index contributed by atoms with van der Waals surface area (Å²) in [6.07, 6.45) is 0.392. The average molecular weight is 394 g/mol. The molecular formula is C24H24ClNO2. The van der Waals surface area contributed by atoms with E-state index in [0.717, 1.165) is 23.2 Å². The number of carbonyl (C=O) groups is 1. The molecule has 0 heterocycles. The van der Waals surface area contributed by atoms with E-state index in [-0.39, 0.29) is 12.1 Å². The Balaban J connectivity index is 1.74.